The highest BCUT2D eigenvalue weighted by atomic mass is 32.1. The second kappa shape index (κ2) is 4.15. The SMILES string of the molecule is CC(=O)CC(C)c1cccc2ccsc12. The largest absolute Gasteiger partial charge is 0.300 e. The van der Waals surface area contributed by atoms with Gasteiger partial charge in [0.2, 0.25) is 0 Å². The zero-order valence-electron chi connectivity index (χ0n) is 8.99. The first kappa shape index (κ1) is 10.4. The van der Waals surface area contributed by atoms with Crippen LogP contribution in [-0.4, -0.2) is 5.78 Å². The van der Waals surface area contributed by atoms with Gasteiger partial charge >= 0.3 is 0 Å². The van der Waals surface area contributed by atoms with Crippen LogP contribution in [-0.2, 0) is 4.79 Å². The van der Waals surface area contributed by atoms with E-state index in [1.165, 1.54) is 15.6 Å². The third-order valence-electron chi connectivity index (χ3n) is 2.63. The van der Waals surface area contributed by atoms with Crippen molar-refractivity contribution in [2.24, 2.45) is 0 Å². The van der Waals surface area contributed by atoms with Gasteiger partial charge in [-0.1, -0.05) is 25.1 Å². The van der Waals surface area contributed by atoms with Gasteiger partial charge in [-0.15, -0.1) is 11.3 Å². The third-order valence-corrected chi connectivity index (χ3v) is 3.61. The minimum absolute atomic E-state index is 0.260. The molecule has 1 unspecified atom stereocenters. The van der Waals surface area contributed by atoms with Crippen molar-refractivity contribution in [1.82, 2.24) is 0 Å². The second-order valence-electron chi connectivity index (χ2n) is 3.99. The van der Waals surface area contributed by atoms with Gasteiger partial charge < -0.3 is 4.79 Å². The van der Waals surface area contributed by atoms with Crippen LogP contribution < -0.4 is 0 Å². The molecule has 0 saturated carbocycles. The molecule has 0 aliphatic heterocycles. The van der Waals surface area contributed by atoms with Gasteiger partial charge in [0.1, 0.15) is 5.78 Å². The fourth-order valence-corrected chi connectivity index (χ4v) is 2.97. The maximum Gasteiger partial charge on any atom is 0.130 e. The number of hydrogen-bond donors (Lipinski definition) is 0. The molecular weight excluding hydrogens is 204 g/mol. The number of hydrogen-bond acceptors (Lipinski definition) is 2. The fraction of sp³-hybridized carbons (Fsp3) is 0.308. The number of carbonyl (C=O) groups is 1. The molecule has 1 atom stereocenters. The molecule has 1 aromatic heterocycles. The first-order valence-electron chi connectivity index (χ1n) is 5.14. The lowest BCUT2D eigenvalue weighted by atomic mass is 9.95. The first-order chi connectivity index (χ1) is 7.18. The smallest absolute Gasteiger partial charge is 0.130 e. The summed E-state index contributed by atoms with van der Waals surface area (Å²) in [5, 5.41) is 3.39. The van der Waals surface area contributed by atoms with Crippen LogP contribution in [0.2, 0.25) is 0 Å². The second-order valence-corrected chi connectivity index (χ2v) is 4.91. The summed E-state index contributed by atoms with van der Waals surface area (Å²) in [6.07, 6.45) is 0.636. The maximum atomic E-state index is 11.1. The van der Waals surface area contributed by atoms with Gasteiger partial charge in [0.25, 0.3) is 0 Å². The molecule has 0 bridgehead atoms. The van der Waals surface area contributed by atoms with Crippen molar-refractivity contribution in [2.75, 3.05) is 0 Å². The first-order valence-corrected chi connectivity index (χ1v) is 6.02. The molecule has 78 valence electrons. The third kappa shape index (κ3) is 2.10. The fourth-order valence-electron chi connectivity index (χ4n) is 1.95. The predicted molar refractivity (Wildman–Crippen MR) is 65.5 cm³/mol. The monoisotopic (exact) mass is 218 g/mol. The molecule has 0 fully saturated rings. The summed E-state index contributed by atoms with van der Waals surface area (Å²) in [6.45, 7) is 3.78. The summed E-state index contributed by atoms with van der Waals surface area (Å²) in [5.41, 5.74) is 1.30. The van der Waals surface area contributed by atoms with E-state index in [1.807, 2.05) is 0 Å². The summed E-state index contributed by atoms with van der Waals surface area (Å²) in [6, 6.07) is 8.45. The molecule has 1 heterocycles. The van der Waals surface area contributed by atoms with Gasteiger partial charge in [-0.25, -0.2) is 0 Å². The quantitative estimate of drug-likeness (QED) is 0.761. The van der Waals surface area contributed by atoms with Crippen LogP contribution in [0.25, 0.3) is 10.1 Å². The zero-order valence-corrected chi connectivity index (χ0v) is 9.80. The lowest BCUT2D eigenvalue weighted by molar-refractivity contribution is -0.117. The molecule has 15 heavy (non-hydrogen) atoms. The standard InChI is InChI=1S/C13H14OS/c1-9(8-10(2)14)12-5-3-4-11-6-7-15-13(11)12/h3-7,9H,8H2,1-2H3. The van der Waals surface area contributed by atoms with Crippen molar-refractivity contribution in [2.45, 2.75) is 26.2 Å². The number of carbonyl (C=O) groups excluding carboxylic acids is 1. The van der Waals surface area contributed by atoms with Crippen molar-refractivity contribution in [3.05, 3.63) is 35.2 Å². The number of fused-ring (bicyclic) bond motifs is 1. The molecule has 0 aliphatic rings. The van der Waals surface area contributed by atoms with E-state index in [-0.39, 0.29) is 5.78 Å². The molecule has 0 N–H and O–H groups in total. The van der Waals surface area contributed by atoms with Crippen molar-refractivity contribution in [3.63, 3.8) is 0 Å². The number of thiophene rings is 1. The van der Waals surface area contributed by atoms with E-state index in [1.54, 1.807) is 18.3 Å². The Balaban J connectivity index is 2.42. The zero-order chi connectivity index (χ0) is 10.8. The van der Waals surface area contributed by atoms with Gasteiger partial charge in [0, 0.05) is 11.1 Å². The van der Waals surface area contributed by atoms with E-state index in [9.17, 15) is 4.79 Å². The Morgan fingerprint density at radius 2 is 2.20 bits per heavy atom. The van der Waals surface area contributed by atoms with Crippen molar-refractivity contribution >= 4 is 27.2 Å². The summed E-state index contributed by atoms with van der Waals surface area (Å²) in [4.78, 5) is 11.1. The van der Waals surface area contributed by atoms with E-state index in [0.717, 1.165) is 0 Å². The van der Waals surface area contributed by atoms with E-state index < -0.39 is 0 Å². The Morgan fingerprint density at radius 3 is 2.93 bits per heavy atom. The van der Waals surface area contributed by atoms with Gasteiger partial charge in [-0.05, 0) is 35.2 Å². The van der Waals surface area contributed by atoms with Crippen LogP contribution in [0.3, 0.4) is 0 Å². The van der Waals surface area contributed by atoms with E-state index in [4.69, 9.17) is 0 Å². The molecule has 2 heteroatoms. The van der Waals surface area contributed by atoms with E-state index in [2.05, 4.69) is 36.6 Å². The highest BCUT2D eigenvalue weighted by Crippen LogP contribution is 2.31. The molecule has 0 spiro atoms. The molecule has 1 aromatic carbocycles. The van der Waals surface area contributed by atoms with Crippen LogP contribution in [0.5, 0.6) is 0 Å². The number of ketones is 1. The number of rotatable bonds is 3. The number of benzene rings is 1. The average molecular weight is 218 g/mol. The molecule has 2 aromatic rings. The summed E-state index contributed by atoms with van der Waals surface area (Å²) in [7, 11) is 0. The molecule has 1 nitrogen and oxygen atoms in total. The van der Waals surface area contributed by atoms with Crippen LogP contribution in [0.15, 0.2) is 29.6 Å². The summed E-state index contributed by atoms with van der Waals surface area (Å²) in [5.74, 6) is 0.584. The average Bonchev–Trinajstić information content (AvgIpc) is 2.63. The van der Waals surface area contributed by atoms with E-state index >= 15 is 0 Å². The molecule has 2 rings (SSSR count). The Bertz CT molecular complexity index is 484. The highest BCUT2D eigenvalue weighted by Gasteiger charge is 2.11. The molecule has 0 radical (unpaired) electrons. The summed E-state index contributed by atoms with van der Waals surface area (Å²) >= 11 is 1.76. The van der Waals surface area contributed by atoms with Crippen LogP contribution in [0, 0.1) is 0 Å². The summed E-state index contributed by atoms with van der Waals surface area (Å²) < 4.78 is 1.33. The van der Waals surface area contributed by atoms with E-state index in [0.29, 0.717) is 12.3 Å². The molecule has 0 aliphatic carbocycles. The lowest BCUT2D eigenvalue weighted by Gasteiger charge is -2.10. The Labute approximate surface area is 93.7 Å². The van der Waals surface area contributed by atoms with Crippen molar-refractivity contribution < 1.29 is 4.79 Å². The normalized spacial score (nSPS) is 12.9. The van der Waals surface area contributed by atoms with Crippen LogP contribution >= 0.6 is 11.3 Å². The van der Waals surface area contributed by atoms with Gasteiger partial charge in [-0.2, -0.15) is 0 Å². The number of Topliss-reactive ketones (excluding diaryl/α,β-unsaturated/α-hetero) is 1. The predicted octanol–water partition coefficient (Wildman–Crippen LogP) is 3.98. The van der Waals surface area contributed by atoms with Crippen LogP contribution in [0.1, 0.15) is 31.7 Å². The molecule has 0 amide bonds. The Kier molecular flexibility index (Phi) is 2.87. The molecular formula is C13H14OS. The lowest BCUT2D eigenvalue weighted by Crippen LogP contribution is -2.00. The highest BCUT2D eigenvalue weighted by molar-refractivity contribution is 7.17. The molecule has 0 saturated heterocycles. The topological polar surface area (TPSA) is 17.1 Å². The van der Waals surface area contributed by atoms with Gasteiger partial charge in [-0.3, -0.25) is 0 Å². The Morgan fingerprint density at radius 1 is 1.40 bits per heavy atom. The minimum atomic E-state index is 0.260. The van der Waals surface area contributed by atoms with Gasteiger partial charge in [0.05, 0.1) is 0 Å². The Hall–Kier alpha value is -1.15. The van der Waals surface area contributed by atoms with Crippen LogP contribution in [0.4, 0.5) is 0 Å². The minimum Gasteiger partial charge on any atom is -0.300 e. The maximum absolute atomic E-state index is 11.1. The van der Waals surface area contributed by atoms with Gasteiger partial charge in [0.15, 0.2) is 0 Å². The van der Waals surface area contributed by atoms with Crippen molar-refractivity contribution in [1.29, 1.82) is 0 Å². The van der Waals surface area contributed by atoms with Crippen molar-refractivity contribution in [3.8, 4) is 0 Å².